The van der Waals surface area contributed by atoms with Crippen LogP contribution in [-0.2, 0) is 16.8 Å². The molecule has 2 heterocycles. The van der Waals surface area contributed by atoms with Gasteiger partial charge in [-0.25, -0.2) is 0 Å². The number of nitrogens with one attached hydrogen (secondary N) is 1. The van der Waals surface area contributed by atoms with Crippen molar-refractivity contribution in [3.05, 3.63) is 35.4 Å². The fraction of sp³-hybridized carbons (Fsp3) is 0.438. The Hall–Kier alpha value is -1.81. The van der Waals surface area contributed by atoms with E-state index >= 15 is 0 Å². The zero-order valence-corrected chi connectivity index (χ0v) is 11.4. The van der Waals surface area contributed by atoms with Gasteiger partial charge in [0.2, 0.25) is 0 Å². The van der Waals surface area contributed by atoms with Crippen LogP contribution in [0.4, 0.5) is 0 Å². The number of hydrogen-bond donors (Lipinski definition) is 1. The van der Waals surface area contributed by atoms with Gasteiger partial charge < -0.3 is 14.8 Å². The second-order valence-corrected chi connectivity index (χ2v) is 5.71. The predicted molar refractivity (Wildman–Crippen MR) is 74.2 cm³/mol. The van der Waals surface area contributed by atoms with Crippen molar-refractivity contribution in [2.45, 2.75) is 30.9 Å². The molecule has 2 atom stereocenters. The number of ether oxygens (including phenoxy) is 2. The molecule has 0 amide bonds. The van der Waals surface area contributed by atoms with E-state index in [1.165, 1.54) is 11.1 Å². The summed E-state index contributed by atoms with van der Waals surface area (Å²) in [6, 6.07) is 4.06. The summed E-state index contributed by atoms with van der Waals surface area (Å²) >= 11 is 0. The lowest BCUT2D eigenvalue weighted by molar-refractivity contribution is -0.117. The third kappa shape index (κ3) is 1.43. The van der Waals surface area contributed by atoms with E-state index in [9.17, 15) is 4.79 Å². The number of benzene rings is 1. The summed E-state index contributed by atoms with van der Waals surface area (Å²) in [4.78, 5) is 11.7. The van der Waals surface area contributed by atoms with Gasteiger partial charge in [0.05, 0.1) is 12.5 Å². The largest absolute Gasteiger partial charge is 0.493 e. The summed E-state index contributed by atoms with van der Waals surface area (Å²) in [7, 11) is 1.66. The van der Waals surface area contributed by atoms with Crippen molar-refractivity contribution in [1.82, 2.24) is 5.32 Å². The smallest absolute Gasteiger partial charge is 0.166 e. The Morgan fingerprint density at radius 2 is 2.35 bits per heavy atom. The van der Waals surface area contributed by atoms with E-state index in [1.807, 2.05) is 6.07 Å². The van der Waals surface area contributed by atoms with E-state index in [0.29, 0.717) is 6.42 Å². The molecule has 3 aliphatic rings. The fourth-order valence-electron chi connectivity index (χ4n) is 3.74. The lowest BCUT2D eigenvalue weighted by Gasteiger charge is -2.33. The molecular weight excluding hydrogens is 254 g/mol. The monoisotopic (exact) mass is 271 g/mol. The van der Waals surface area contributed by atoms with Crippen LogP contribution in [0.25, 0.3) is 0 Å². The van der Waals surface area contributed by atoms with E-state index in [1.54, 1.807) is 13.2 Å². The fourth-order valence-corrected chi connectivity index (χ4v) is 3.74. The molecule has 0 aromatic heterocycles. The minimum Gasteiger partial charge on any atom is -0.493 e. The summed E-state index contributed by atoms with van der Waals surface area (Å²) in [6.45, 7) is 1.76. The van der Waals surface area contributed by atoms with E-state index in [2.05, 4.69) is 17.5 Å². The summed E-state index contributed by atoms with van der Waals surface area (Å²) in [5.74, 6) is 1.74. The Morgan fingerprint density at radius 3 is 3.20 bits per heavy atom. The minimum absolute atomic E-state index is 0.0926. The van der Waals surface area contributed by atoms with E-state index < -0.39 is 0 Å². The van der Waals surface area contributed by atoms with Crippen LogP contribution in [-0.4, -0.2) is 25.5 Å². The van der Waals surface area contributed by atoms with Crippen molar-refractivity contribution < 1.29 is 14.3 Å². The average molecular weight is 271 g/mol. The standard InChI is InChI=1S/C16H17NO3/c1-19-12-3-2-10-9-17-7-6-16-5-4-11(18)8-13(16)20-15(12)14(10)16/h2-5,13,17H,6-9H2,1H3/t13-,16-/m1/s1. The van der Waals surface area contributed by atoms with Gasteiger partial charge in [0, 0.05) is 18.5 Å². The number of methoxy groups -OCH3 is 1. The normalized spacial score (nSPS) is 30.2. The summed E-state index contributed by atoms with van der Waals surface area (Å²) in [6.07, 6.45) is 5.10. The first-order chi connectivity index (χ1) is 9.74. The molecule has 4 heteroatoms. The predicted octanol–water partition coefficient (Wildman–Crippen LogP) is 1.72. The number of hydrogen-bond acceptors (Lipinski definition) is 4. The van der Waals surface area contributed by atoms with Gasteiger partial charge >= 0.3 is 0 Å². The van der Waals surface area contributed by atoms with Gasteiger partial charge in [-0.1, -0.05) is 12.1 Å². The third-order valence-electron chi connectivity index (χ3n) is 4.71. The zero-order valence-electron chi connectivity index (χ0n) is 11.4. The highest BCUT2D eigenvalue weighted by atomic mass is 16.5. The molecule has 0 unspecified atom stereocenters. The molecule has 1 aromatic rings. The van der Waals surface area contributed by atoms with Crippen LogP contribution in [0.5, 0.6) is 11.5 Å². The maximum atomic E-state index is 11.7. The third-order valence-corrected chi connectivity index (χ3v) is 4.71. The van der Waals surface area contributed by atoms with Crippen molar-refractivity contribution in [3.63, 3.8) is 0 Å². The quantitative estimate of drug-likeness (QED) is 0.845. The van der Waals surface area contributed by atoms with Gasteiger partial charge in [-0.15, -0.1) is 0 Å². The number of allylic oxidation sites excluding steroid dienone is 1. The molecule has 2 aliphatic heterocycles. The average Bonchev–Trinajstić information content (AvgIpc) is 2.66. The molecule has 1 N–H and O–H groups in total. The van der Waals surface area contributed by atoms with Crippen LogP contribution in [0.3, 0.4) is 0 Å². The van der Waals surface area contributed by atoms with Gasteiger partial charge in [0.15, 0.2) is 17.3 Å². The van der Waals surface area contributed by atoms with Crippen molar-refractivity contribution in [2.75, 3.05) is 13.7 Å². The number of carbonyl (C=O) groups is 1. The van der Waals surface area contributed by atoms with Gasteiger partial charge in [0.1, 0.15) is 6.10 Å². The Bertz CT molecular complexity index is 622. The first kappa shape index (κ1) is 12.0. The Morgan fingerprint density at radius 1 is 1.45 bits per heavy atom. The van der Waals surface area contributed by atoms with E-state index in [-0.39, 0.29) is 17.3 Å². The highest BCUT2D eigenvalue weighted by molar-refractivity contribution is 5.92. The zero-order chi connectivity index (χ0) is 13.7. The van der Waals surface area contributed by atoms with Gasteiger partial charge in [0.25, 0.3) is 0 Å². The van der Waals surface area contributed by atoms with Crippen LogP contribution in [0, 0.1) is 0 Å². The maximum Gasteiger partial charge on any atom is 0.166 e. The van der Waals surface area contributed by atoms with Crippen LogP contribution in [0.15, 0.2) is 24.3 Å². The van der Waals surface area contributed by atoms with Crippen molar-refractivity contribution in [2.24, 2.45) is 0 Å². The van der Waals surface area contributed by atoms with E-state index in [0.717, 1.165) is 31.0 Å². The summed E-state index contributed by atoms with van der Waals surface area (Å²) in [5.41, 5.74) is 2.30. The second kappa shape index (κ2) is 4.09. The number of ketones is 1. The molecule has 20 heavy (non-hydrogen) atoms. The Labute approximate surface area is 117 Å². The minimum atomic E-state index is -0.170. The molecular formula is C16H17NO3. The highest BCUT2D eigenvalue weighted by Gasteiger charge is 2.52. The van der Waals surface area contributed by atoms with E-state index in [4.69, 9.17) is 9.47 Å². The summed E-state index contributed by atoms with van der Waals surface area (Å²) in [5, 5.41) is 3.46. The van der Waals surface area contributed by atoms with Crippen LogP contribution in [0.1, 0.15) is 24.0 Å². The lowest BCUT2D eigenvalue weighted by Crippen LogP contribution is -2.41. The molecule has 104 valence electrons. The number of carbonyl (C=O) groups excluding carboxylic acids is 1. The molecule has 1 aliphatic carbocycles. The lowest BCUT2D eigenvalue weighted by atomic mass is 9.69. The SMILES string of the molecule is COc1ccc2c3c1O[C@@H]1CC(=O)C=C[C@]31CCNC2. The molecule has 0 fully saturated rings. The Kier molecular flexibility index (Phi) is 2.45. The van der Waals surface area contributed by atoms with Gasteiger partial charge in [-0.2, -0.15) is 0 Å². The molecule has 1 aromatic carbocycles. The molecule has 4 rings (SSSR count). The number of rotatable bonds is 1. The molecule has 0 saturated heterocycles. The van der Waals surface area contributed by atoms with Crippen molar-refractivity contribution in [1.29, 1.82) is 0 Å². The Balaban J connectivity index is 1.98. The topological polar surface area (TPSA) is 47.6 Å². The first-order valence-corrected chi connectivity index (χ1v) is 7.04. The molecule has 1 spiro atoms. The van der Waals surface area contributed by atoms with Gasteiger partial charge in [-0.05, 0) is 30.7 Å². The van der Waals surface area contributed by atoms with Crippen LogP contribution in [0.2, 0.25) is 0 Å². The maximum absolute atomic E-state index is 11.7. The highest BCUT2D eigenvalue weighted by Crippen LogP contribution is 2.54. The van der Waals surface area contributed by atoms with Crippen LogP contribution < -0.4 is 14.8 Å². The van der Waals surface area contributed by atoms with Crippen LogP contribution >= 0.6 is 0 Å². The van der Waals surface area contributed by atoms with Gasteiger partial charge in [-0.3, -0.25) is 4.79 Å². The molecule has 0 bridgehead atoms. The first-order valence-electron chi connectivity index (χ1n) is 7.04. The molecule has 4 nitrogen and oxygen atoms in total. The van der Waals surface area contributed by atoms with Crippen molar-refractivity contribution >= 4 is 5.78 Å². The molecule has 0 radical (unpaired) electrons. The van der Waals surface area contributed by atoms with Crippen molar-refractivity contribution in [3.8, 4) is 11.5 Å². The molecule has 0 saturated carbocycles. The second-order valence-electron chi connectivity index (χ2n) is 5.71. The summed E-state index contributed by atoms with van der Waals surface area (Å²) < 4.78 is 11.6.